The number of hydrogen-bond acceptors (Lipinski definition) is 2. The van der Waals surface area contributed by atoms with Crippen molar-refractivity contribution in [2.24, 2.45) is 0 Å². The van der Waals surface area contributed by atoms with Crippen molar-refractivity contribution >= 4 is 29.0 Å². The predicted molar refractivity (Wildman–Crippen MR) is 53.2 cm³/mol. The van der Waals surface area contributed by atoms with Crippen LogP contribution in [0.2, 0.25) is 5.02 Å². The highest BCUT2D eigenvalue weighted by Gasteiger charge is 2.35. The van der Waals surface area contributed by atoms with E-state index in [4.69, 9.17) is 23.2 Å². The number of aromatic hydroxyl groups is 1. The van der Waals surface area contributed by atoms with Crippen molar-refractivity contribution in [1.29, 1.82) is 0 Å². The summed E-state index contributed by atoms with van der Waals surface area (Å²) in [6.45, 7) is 0. The number of rotatable bonds is 2. The highest BCUT2D eigenvalue weighted by Crippen LogP contribution is 2.39. The quantitative estimate of drug-likeness (QED) is 0.661. The number of phenolic OH excluding ortho intramolecular Hbond substituents is 1. The molecule has 1 aromatic rings. The van der Waals surface area contributed by atoms with Gasteiger partial charge in [-0.25, -0.2) is 0 Å². The molecule has 1 rings (SSSR count). The molecule has 0 bridgehead atoms. The first-order valence-corrected chi connectivity index (χ1v) is 4.88. The van der Waals surface area contributed by atoms with E-state index in [1.165, 1.54) is 0 Å². The molecule has 0 fully saturated rings. The van der Waals surface area contributed by atoms with E-state index in [1.807, 2.05) is 0 Å². The van der Waals surface area contributed by atoms with Crippen LogP contribution < -0.4 is 0 Å². The molecule has 0 saturated carbocycles. The lowest BCUT2D eigenvalue weighted by Gasteiger charge is -2.12. The Bertz CT molecular complexity index is 429. The van der Waals surface area contributed by atoms with Gasteiger partial charge in [0, 0.05) is 0 Å². The second-order valence-electron chi connectivity index (χ2n) is 2.88. The van der Waals surface area contributed by atoms with Gasteiger partial charge in [0.15, 0.2) is 5.78 Å². The lowest BCUT2D eigenvalue weighted by Crippen LogP contribution is -2.10. The third-order valence-corrected chi connectivity index (χ3v) is 2.46. The summed E-state index contributed by atoms with van der Waals surface area (Å²) in [5, 5.41) is 8.42. The lowest BCUT2D eigenvalue weighted by molar-refractivity contribution is -0.137. The van der Waals surface area contributed by atoms with Crippen molar-refractivity contribution in [3.63, 3.8) is 0 Å². The average Bonchev–Trinajstić information content (AvgIpc) is 2.15. The van der Waals surface area contributed by atoms with Gasteiger partial charge in [-0.3, -0.25) is 4.79 Å². The van der Waals surface area contributed by atoms with Gasteiger partial charge in [-0.1, -0.05) is 11.6 Å². The third kappa shape index (κ3) is 2.41. The van der Waals surface area contributed by atoms with E-state index in [9.17, 15) is 23.1 Å². The van der Waals surface area contributed by atoms with E-state index in [2.05, 4.69) is 0 Å². The van der Waals surface area contributed by atoms with Crippen LogP contribution in [0.3, 0.4) is 0 Å². The van der Waals surface area contributed by atoms with Gasteiger partial charge in [0.2, 0.25) is 0 Å². The summed E-state index contributed by atoms with van der Waals surface area (Å²) in [6.07, 6.45) is -4.69. The van der Waals surface area contributed by atoms with Crippen LogP contribution in [0.4, 0.5) is 13.2 Å². The van der Waals surface area contributed by atoms with Crippen LogP contribution in [-0.4, -0.2) is 16.8 Å². The van der Waals surface area contributed by atoms with E-state index in [1.54, 1.807) is 0 Å². The SMILES string of the molecule is O=C(CCl)c1c(O)ccc(C(F)(F)F)c1Cl. The molecule has 0 saturated heterocycles. The molecule has 0 spiro atoms. The van der Waals surface area contributed by atoms with Crippen molar-refractivity contribution in [2.75, 3.05) is 5.88 Å². The molecule has 7 heteroatoms. The summed E-state index contributed by atoms with van der Waals surface area (Å²) in [7, 11) is 0. The Balaban J connectivity index is 3.45. The van der Waals surface area contributed by atoms with E-state index < -0.39 is 39.7 Å². The summed E-state index contributed by atoms with van der Waals surface area (Å²) >= 11 is 10.6. The Kier molecular flexibility index (Phi) is 3.70. The summed E-state index contributed by atoms with van der Waals surface area (Å²) in [5.41, 5.74) is -1.79. The Labute approximate surface area is 98.6 Å². The van der Waals surface area contributed by atoms with Gasteiger partial charge in [0.05, 0.1) is 22.0 Å². The van der Waals surface area contributed by atoms with Gasteiger partial charge in [0.25, 0.3) is 0 Å². The Morgan fingerprint density at radius 3 is 2.38 bits per heavy atom. The number of hydrogen-bond donors (Lipinski definition) is 1. The summed E-state index contributed by atoms with van der Waals surface area (Å²) < 4.78 is 37.3. The average molecular weight is 273 g/mol. The number of ketones is 1. The molecule has 0 aliphatic heterocycles. The summed E-state index contributed by atoms with van der Waals surface area (Å²) in [4.78, 5) is 11.2. The number of alkyl halides is 4. The Morgan fingerprint density at radius 2 is 1.94 bits per heavy atom. The number of carbonyl (C=O) groups excluding carboxylic acids is 1. The van der Waals surface area contributed by atoms with Crippen LogP contribution in [0.25, 0.3) is 0 Å². The molecule has 0 aromatic heterocycles. The minimum absolute atomic E-state index is 0.561. The molecule has 16 heavy (non-hydrogen) atoms. The highest BCUT2D eigenvalue weighted by molar-refractivity contribution is 6.38. The monoisotopic (exact) mass is 272 g/mol. The largest absolute Gasteiger partial charge is 0.507 e. The summed E-state index contributed by atoms with van der Waals surface area (Å²) in [5.74, 6) is -2.05. The van der Waals surface area contributed by atoms with Gasteiger partial charge in [-0.15, -0.1) is 11.6 Å². The van der Waals surface area contributed by atoms with Crippen molar-refractivity contribution in [3.05, 3.63) is 28.3 Å². The molecule has 1 N–H and O–H groups in total. The predicted octanol–water partition coefficient (Wildman–Crippen LogP) is 3.49. The molecule has 0 atom stereocenters. The first-order chi connectivity index (χ1) is 7.29. The van der Waals surface area contributed by atoms with E-state index in [-0.39, 0.29) is 0 Å². The van der Waals surface area contributed by atoms with E-state index in [0.29, 0.717) is 6.07 Å². The number of benzene rings is 1. The van der Waals surface area contributed by atoms with Crippen molar-refractivity contribution in [3.8, 4) is 5.75 Å². The van der Waals surface area contributed by atoms with Gasteiger partial charge >= 0.3 is 6.18 Å². The third-order valence-electron chi connectivity index (χ3n) is 1.83. The first-order valence-electron chi connectivity index (χ1n) is 3.97. The van der Waals surface area contributed by atoms with Crippen molar-refractivity contribution in [2.45, 2.75) is 6.18 Å². The minimum atomic E-state index is -4.69. The number of phenols is 1. The van der Waals surface area contributed by atoms with Crippen LogP contribution in [0, 0.1) is 0 Å². The smallest absolute Gasteiger partial charge is 0.417 e. The zero-order chi connectivity index (χ0) is 12.5. The maximum Gasteiger partial charge on any atom is 0.417 e. The highest BCUT2D eigenvalue weighted by atomic mass is 35.5. The van der Waals surface area contributed by atoms with Crippen molar-refractivity contribution < 1.29 is 23.1 Å². The van der Waals surface area contributed by atoms with Gasteiger partial charge in [-0.05, 0) is 12.1 Å². The molecule has 0 aliphatic carbocycles. The standard InChI is InChI=1S/C9H5Cl2F3O2/c10-3-6(16)7-5(15)2-1-4(8(7)11)9(12,13)14/h1-2,15H,3H2. The fourth-order valence-electron chi connectivity index (χ4n) is 1.12. The van der Waals surface area contributed by atoms with Gasteiger partial charge in [0.1, 0.15) is 5.75 Å². The Morgan fingerprint density at radius 1 is 1.38 bits per heavy atom. The minimum Gasteiger partial charge on any atom is -0.507 e. The maximum absolute atomic E-state index is 12.4. The topological polar surface area (TPSA) is 37.3 Å². The molecule has 0 heterocycles. The first kappa shape index (κ1) is 13.1. The van der Waals surface area contributed by atoms with Crippen LogP contribution in [0.15, 0.2) is 12.1 Å². The molecule has 88 valence electrons. The number of Topliss-reactive ketones (excluding diaryl/α,β-unsaturated/α-hetero) is 1. The fraction of sp³-hybridized carbons (Fsp3) is 0.222. The van der Waals surface area contributed by atoms with Crippen LogP contribution in [-0.2, 0) is 6.18 Å². The zero-order valence-corrected chi connectivity index (χ0v) is 9.12. The lowest BCUT2D eigenvalue weighted by atomic mass is 10.1. The van der Waals surface area contributed by atoms with E-state index in [0.717, 1.165) is 6.07 Å². The van der Waals surface area contributed by atoms with E-state index >= 15 is 0 Å². The van der Waals surface area contributed by atoms with Gasteiger partial charge in [-0.2, -0.15) is 13.2 Å². The molecular formula is C9H5Cl2F3O2. The van der Waals surface area contributed by atoms with Crippen LogP contribution in [0.1, 0.15) is 15.9 Å². The van der Waals surface area contributed by atoms with Crippen LogP contribution >= 0.6 is 23.2 Å². The summed E-state index contributed by atoms with van der Waals surface area (Å²) in [6, 6.07) is 1.36. The molecule has 0 radical (unpaired) electrons. The second kappa shape index (κ2) is 4.51. The molecule has 2 nitrogen and oxygen atoms in total. The molecular weight excluding hydrogens is 268 g/mol. The number of halogens is 5. The fourth-order valence-corrected chi connectivity index (χ4v) is 1.62. The molecule has 0 unspecified atom stereocenters. The van der Waals surface area contributed by atoms with Gasteiger partial charge < -0.3 is 5.11 Å². The number of carbonyl (C=O) groups is 1. The second-order valence-corrected chi connectivity index (χ2v) is 3.52. The molecule has 0 aliphatic rings. The maximum atomic E-state index is 12.4. The molecule has 0 amide bonds. The zero-order valence-electron chi connectivity index (χ0n) is 7.61. The van der Waals surface area contributed by atoms with Crippen LogP contribution in [0.5, 0.6) is 5.75 Å². The molecule has 1 aromatic carbocycles. The normalized spacial score (nSPS) is 11.6. The van der Waals surface area contributed by atoms with Crippen molar-refractivity contribution in [1.82, 2.24) is 0 Å². The Hall–Kier alpha value is -0.940.